The molecule has 22 heavy (non-hydrogen) atoms. The Kier molecular flexibility index (Phi) is 4.93. The van der Waals surface area contributed by atoms with Crippen molar-refractivity contribution < 1.29 is 9.53 Å². The van der Waals surface area contributed by atoms with E-state index in [0.29, 0.717) is 17.8 Å². The van der Waals surface area contributed by atoms with Crippen molar-refractivity contribution in [2.24, 2.45) is 0 Å². The van der Waals surface area contributed by atoms with E-state index in [-0.39, 0.29) is 12.5 Å². The third-order valence-electron chi connectivity index (χ3n) is 4.88. The molecule has 5 heteroatoms. The molecule has 0 saturated carbocycles. The topological polar surface area (TPSA) is 45.7 Å². The Morgan fingerprint density at radius 2 is 2.14 bits per heavy atom. The van der Waals surface area contributed by atoms with Gasteiger partial charge in [0.2, 0.25) is 0 Å². The maximum Gasteiger partial charge on any atom is 0.260 e. The maximum absolute atomic E-state index is 12.5. The Labute approximate surface area is 132 Å². The molecule has 0 radical (unpaired) electrons. The Morgan fingerprint density at radius 3 is 2.91 bits per heavy atom. The number of carbonyl (C=O) groups excluding carboxylic acids is 1. The number of aromatic nitrogens is 1. The highest BCUT2D eigenvalue weighted by molar-refractivity contribution is 5.78. The lowest BCUT2D eigenvalue weighted by atomic mass is 10.0. The second-order valence-electron chi connectivity index (χ2n) is 6.11. The molecule has 0 bridgehead atoms. The van der Waals surface area contributed by atoms with Crippen LogP contribution < -0.4 is 4.74 Å². The van der Waals surface area contributed by atoms with Crippen molar-refractivity contribution in [1.29, 1.82) is 0 Å². The van der Waals surface area contributed by atoms with Crippen LogP contribution in [0.3, 0.4) is 0 Å². The number of rotatable bonds is 5. The van der Waals surface area contributed by atoms with E-state index in [4.69, 9.17) is 4.74 Å². The second-order valence-corrected chi connectivity index (χ2v) is 6.11. The zero-order chi connectivity index (χ0) is 15.4. The molecule has 3 rings (SSSR count). The second kappa shape index (κ2) is 7.09. The largest absolute Gasteiger partial charge is 0.482 e. The maximum atomic E-state index is 12.5. The van der Waals surface area contributed by atoms with Crippen molar-refractivity contribution in [3.05, 3.63) is 24.5 Å². The molecule has 120 valence electrons. The lowest BCUT2D eigenvalue weighted by Gasteiger charge is -2.34. The van der Waals surface area contributed by atoms with Crippen molar-refractivity contribution in [1.82, 2.24) is 14.8 Å². The number of pyridine rings is 1. The van der Waals surface area contributed by atoms with Crippen LogP contribution in [0.15, 0.2) is 24.5 Å². The van der Waals surface area contributed by atoms with Crippen LogP contribution in [0.25, 0.3) is 0 Å². The van der Waals surface area contributed by atoms with Gasteiger partial charge in [0.1, 0.15) is 5.75 Å². The summed E-state index contributed by atoms with van der Waals surface area (Å²) in [7, 11) is 0. The van der Waals surface area contributed by atoms with Crippen LogP contribution in [0.2, 0.25) is 0 Å². The van der Waals surface area contributed by atoms with E-state index in [2.05, 4.69) is 21.7 Å². The summed E-state index contributed by atoms with van der Waals surface area (Å²) in [5, 5.41) is 0. The molecular weight excluding hydrogens is 278 g/mol. The molecule has 1 aromatic rings. The van der Waals surface area contributed by atoms with Crippen LogP contribution in [0.5, 0.6) is 5.75 Å². The number of carbonyl (C=O) groups is 1. The quantitative estimate of drug-likeness (QED) is 0.834. The Morgan fingerprint density at radius 1 is 1.32 bits per heavy atom. The molecular formula is C17H25N3O2. The SMILES string of the molecule is CCN1CCC[C@@H]1[C@H]1CCCN1C(=O)COc1cccnc1. The molecule has 2 aliphatic rings. The zero-order valence-corrected chi connectivity index (χ0v) is 13.3. The summed E-state index contributed by atoms with van der Waals surface area (Å²) < 4.78 is 5.58. The van der Waals surface area contributed by atoms with Crippen molar-refractivity contribution in [2.45, 2.75) is 44.7 Å². The Bertz CT molecular complexity index is 494. The van der Waals surface area contributed by atoms with Crippen molar-refractivity contribution in [2.75, 3.05) is 26.2 Å². The first-order valence-corrected chi connectivity index (χ1v) is 8.36. The molecule has 2 aliphatic heterocycles. The van der Waals surface area contributed by atoms with E-state index in [9.17, 15) is 4.79 Å². The van der Waals surface area contributed by atoms with Gasteiger partial charge in [0.15, 0.2) is 6.61 Å². The first-order chi connectivity index (χ1) is 10.8. The molecule has 2 atom stereocenters. The fourth-order valence-electron chi connectivity index (χ4n) is 3.84. The van der Waals surface area contributed by atoms with Crippen LogP contribution in [-0.2, 0) is 4.79 Å². The molecule has 2 fully saturated rings. The van der Waals surface area contributed by atoms with Gasteiger partial charge in [-0.1, -0.05) is 6.92 Å². The van der Waals surface area contributed by atoms with E-state index in [1.807, 2.05) is 12.1 Å². The summed E-state index contributed by atoms with van der Waals surface area (Å²) in [5.41, 5.74) is 0. The number of ether oxygens (including phenoxy) is 1. The summed E-state index contributed by atoms with van der Waals surface area (Å²) in [6, 6.07) is 4.55. The molecule has 0 N–H and O–H groups in total. The zero-order valence-electron chi connectivity index (χ0n) is 13.3. The summed E-state index contributed by atoms with van der Waals surface area (Å²) in [4.78, 5) is 21.1. The first-order valence-electron chi connectivity index (χ1n) is 8.36. The molecule has 5 nitrogen and oxygen atoms in total. The van der Waals surface area contributed by atoms with E-state index >= 15 is 0 Å². The van der Waals surface area contributed by atoms with E-state index in [0.717, 1.165) is 25.9 Å². The number of hydrogen-bond donors (Lipinski definition) is 0. The molecule has 1 aromatic heterocycles. The average Bonchev–Trinajstić information content (AvgIpc) is 3.21. The molecule has 0 unspecified atom stereocenters. The molecule has 0 aliphatic carbocycles. The average molecular weight is 303 g/mol. The highest BCUT2D eigenvalue weighted by atomic mass is 16.5. The first kappa shape index (κ1) is 15.3. The lowest BCUT2D eigenvalue weighted by molar-refractivity contribution is -0.135. The number of likely N-dealkylation sites (tertiary alicyclic amines) is 2. The summed E-state index contributed by atoms with van der Waals surface area (Å²) in [6.07, 6.45) is 8.04. The molecule has 0 spiro atoms. The van der Waals surface area contributed by atoms with E-state index < -0.39 is 0 Å². The van der Waals surface area contributed by atoms with Crippen LogP contribution in [0, 0.1) is 0 Å². The fraction of sp³-hybridized carbons (Fsp3) is 0.647. The van der Waals surface area contributed by atoms with Gasteiger partial charge in [-0.15, -0.1) is 0 Å². The monoisotopic (exact) mass is 303 g/mol. The highest BCUT2D eigenvalue weighted by Gasteiger charge is 2.39. The molecule has 2 saturated heterocycles. The lowest BCUT2D eigenvalue weighted by Crippen LogP contribution is -2.49. The predicted octanol–water partition coefficient (Wildman–Crippen LogP) is 1.94. The minimum absolute atomic E-state index is 0.106. The fourth-order valence-corrected chi connectivity index (χ4v) is 3.84. The minimum atomic E-state index is 0.106. The Balaban J connectivity index is 1.59. The molecule has 1 amide bonds. The van der Waals surface area contributed by atoms with Crippen LogP contribution in [0.1, 0.15) is 32.6 Å². The summed E-state index contributed by atoms with van der Waals surface area (Å²) in [5.74, 6) is 0.761. The van der Waals surface area contributed by atoms with Gasteiger partial charge in [-0.05, 0) is 50.9 Å². The smallest absolute Gasteiger partial charge is 0.260 e. The Hall–Kier alpha value is -1.62. The number of likely N-dealkylation sites (N-methyl/N-ethyl adjacent to an activating group) is 1. The third kappa shape index (κ3) is 3.24. The van der Waals surface area contributed by atoms with Gasteiger partial charge in [0.05, 0.1) is 6.20 Å². The standard InChI is InChI=1S/C17H25N3O2/c1-2-19-10-4-7-15(19)16-8-5-11-20(16)17(21)13-22-14-6-3-9-18-12-14/h3,6,9,12,15-16H,2,4-5,7-8,10-11,13H2,1H3/t15-,16-/m1/s1. The summed E-state index contributed by atoms with van der Waals surface area (Å²) in [6.45, 7) is 5.45. The minimum Gasteiger partial charge on any atom is -0.482 e. The normalized spacial score (nSPS) is 25.6. The van der Waals surface area contributed by atoms with E-state index in [1.165, 1.54) is 19.4 Å². The van der Waals surface area contributed by atoms with E-state index in [1.54, 1.807) is 12.4 Å². The van der Waals surface area contributed by atoms with Gasteiger partial charge < -0.3 is 9.64 Å². The van der Waals surface area contributed by atoms with Crippen molar-refractivity contribution >= 4 is 5.91 Å². The third-order valence-corrected chi connectivity index (χ3v) is 4.88. The van der Waals surface area contributed by atoms with Gasteiger partial charge in [-0.2, -0.15) is 0 Å². The number of nitrogens with zero attached hydrogens (tertiary/aromatic N) is 3. The van der Waals surface area contributed by atoms with Crippen LogP contribution in [0.4, 0.5) is 0 Å². The van der Waals surface area contributed by atoms with Crippen LogP contribution >= 0.6 is 0 Å². The molecule has 0 aromatic carbocycles. The number of hydrogen-bond acceptors (Lipinski definition) is 4. The predicted molar refractivity (Wildman–Crippen MR) is 84.7 cm³/mol. The van der Waals surface area contributed by atoms with Gasteiger partial charge in [0.25, 0.3) is 5.91 Å². The van der Waals surface area contributed by atoms with Crippen molar-refractivity contribution in [3.8, 4) is 5.75 Å². The highest BCUT2D eigenvalue weighted by Crippen LogP contribution is 2.29. The van der Waals surface area contributed by atoms with Gasteiger partial charge in [-0.25, -0.2) is 0 Å². The van der Waals surface area contributed by atoms with Gasteiger partial charge >= 0.3 is 0 Å². The van der Waals surface area contributed by atoms with Crippen LogP contribution in [-0.4, -0.2) is 59.0 Å². The van der Waals surface area contributed by atoms with Crippen molar-refractivity contribution in [3.63, 3.8) is 0 Å². The van der Waals surface area contributed by atoms with Gasteiger partial charge in [0, 0.05) is 24.8 Å². The molecule has 3 heterocycles. The van der Waals surface area contributed by atoms with Gasteiger partial charge in [-0.3, -0.25) is 14.7 Å². The summed E-state index contributed by atoms with van der Waals surface area (Å²) >= 11 is 0. The number of amides is 1.